The first-order chi connectivity index (χ1) is 12.7. The number of hydrogen-bond acceptors (Lipinski definition) is 3. The molecule has 2 aromatic carbocycles. The second-order valence-corrected chi connectivity index (χ2v) is 6.34. The first-order valence-electron chi connectivity index (χ1n) is 7.97. The molecule has 0 aromatic heterocycles. The summed E-state index contributed by atoms with van der Waals surface area (Å²) in [4.78, 5) is 25.7. The van der Waals surface area contributed by atoms with Crippen molar-refractivity contribution in [3.63, 3.8) is 0 Å². The van der Waals surface area contributed by atoms with Gasteiger partial charge in [-0.15, -0.1) is 0 Å². The summed E-state index contributed by atoms with van der Waals surface area (Å²) >= 11 is 6.01. The fraction of sp³-hybridized carbons (Fsp3) is 0.158. The monoisotopic (exact) mass is 394 g/mol. The van der Waals surface area contributed by atoms with Crippen LogP contribution in [-0.4, -0.2) is 11.8 Å². The number of carbonyl (C=O) groups is 2. The number of imide groups is 1. The molecule has 0 fully saturated rings. The Hall–Kier alpha value is -2.80. The molecule has 4 nitrogen and oxygen atoms in total. The summed E-state index contributed by atoms with van der Waals surface area (Å²) in [5, 5.41) is 2.52. The van der Waals surface area contributed by atoms with Crippen molar-refractivity contribution in [1.29, 1.82) is 0 Å². The minimum Gasteiger partial charge on any atom is -0.373 e. The Morgan fingerprint density at radius 2 is 1.67 bits per heavy atom. The third-order valence-electron chi connectivity index (χ3n) is 4.12. The highest BCUT2D eigenvalue weighted by atomic mass is 35.5. The van der Waals surface area contributed by atoms with E-state index in [1.807, 2.05) is 30.3 Å². The molecule has 1 aliphatic heterocycles. The number of nitrogens with one attached hydrogen (secondary N) is 1. The van der Waals surface area contributed by atoms with Crippen LogP contribution in [0.4, 0.5) is 18.9 Å². The molecule has 27 heavy (non-hydrogen) atoms. The van der Waals surface area contributed by atoms with Crippen LogP contribution in [0.5, 0.6) is 0 Å². The van der Waals surface area contributed by atoms with Crippen LogP contribution in [0.3, 0.4) is 0 Å². The maximum atomic E-state index is 12.9. The molecule has 2 aromatic rings. The Bertz CT molecular complexity index is 926. The summed E-state index contributed by atoms with van der Waals surface area (Å²) in [6.45, 7) is 1.77. The van der Waals surface area contributed by atoms with E-state index >= 15 is 0 Å². The number of alkyl halides is 3. The second kappa shape index (κ2) is 7.08. The zero-order valence-electron chi connectivity index (χ0n) is 14.0. The van der Waals surface area contributed by atoms with Crippen LogP contribution < -0.4 is 10.2 Å². The lowest BCUT2D eigenvalue weighted by molar-refractivity contribution is -0.137. The predicted octanol–water partition coefficient (Wildman–Crippen LogP) is 4.38. The summed E-state index contributed by atoms with van der Waals surface area (Å²) in [6.07, 6.45) is -4.60. The van der Waals surface area contributed by atoms with Gasteiger partial charge in [0.1, 0.15) is 10.7 Å². The lowest BCUT2D eigenvalue weighted by Crippen LogP contribution is -2.34. The minimum atomic E-state index is -4.60. The van der Waals surface area contributed by atoms with Crippen LogP contribution in [0.25, 0.3) is 0 Å². The van der Waals surface area contributed by atoms with Crippen molar-refractivity contribution in [2.75, 3.05) is 4.90 Å². The van der Waals surface area contributed by atoms with Crippen molar-refractivity contribution in [2.24, 2.45) is 0 Å². The highest BCUT2D eigenvalue weighted by Crippen LogP contribution is 2.34. The lowest BCUT2D eigenvalue weighted by Gasteiger charge is -2.19. The van der Waals surface area contributed by atoms with Crippen molar-refractivity contribution in [3.8, 4) is 0 Å². The molecule has 1 N–H and O–H groups in total. The van der Waals surface area contributed by atoms with Gasteiger partial charge in [0.15, 0.2) is 0 Å². The van der Waals surface area contributed by atoms with Crippen molar-refractivity contribution < 1.29 is 22.8 Å². The zero-order valence-corrected chi connectivity index (χ0v) is 14.8. The number of anilines is 1. The minimum absolute atomic E-state index is 0.143. The van der Waals surface area contributed by atoms with Gasteiger partial charge in [-0.25, -0.2) is 4.90 Å². The summed E-state index contributed by atoms with van der Waals surface area (Å²) in [5.41, 5.74) is -0.444. The molecular formula is C19H14ClF3N2O2. The Kier molecular flexibility index (Phi) is 4.97. The quantitative estimate of drug-likeness (QED) is 0.783. The van der Waals surface area contributed by atoms with Crippen LogP contribution in [-0.2, 0) is 15.8 Å². The highest BCUT2D eigenvalue weighted by molar-refractivity contribution is 6.52. The molecule has 1 heterocycles. The fourth-order valence-corrected chi connectivity index (χ4v) is 2.95. The normalized spacial score (nSPS) is 16.1. The van der Waals surface area contributed by atoms with Crippen LogP contribution in [0.15, 0.2) is 65.3 Å². The number of benzene rings is 2. The van der Waals surface area contributed by atoms with Gasteiger partial charge in [-0.05, 0) is 30.7 Å². The van der Waals surface area contributed by atoms with Crippen molar-refractivity contribution in [1.82, 2.24) is 5.32 Å². The average Bonchev–Trinajstić information content (AvgIpc) is 2.85. The van der Waals surface area contributed by atoms with Crippen molar-refractivity contribution in [3.05, 3.63) is 76.5 Å². The van der Waals surface area contributed by atoms with E-state index in [9.17, 15) is 22.8 Å². The molecule has 140 valence electrons. The molecule has 0 bridgehead atoms. The smallest absolute Gasteiger partial charge is 0.373 e. The van der Waals surface area contributed by atoms with Gasteiger partial charge in [0.2, 0.25) is 0 Å². The summed E-state index contributed by atoms with van der Waals surface area (Å²) in [5.74, 6) is -1.67. The number of halogens is 4. The molecule has 0 saturated heterocycles. The Balaban J connectivity index is 1.88. The Morgan fingerprint density at radius 1 is 1.00 bits per heavy atom. The molecule has 1 atom stereocenters. The van der Waals surface area contributed by atoms with E-state index in [-0.39, 0.29) is 22.5 Å². The van der Waals surface area contributed by atoms with E-state index in [2.05, 4.69) is 5.32 Å². The molecule has 1 aliphatic rings. The molecular weight excluding hydrogens is 381 g/mol. The molecule has 1 unspecified atom stereocenters. The van der Waals surface area contributed by atoms with E-state index in [0.717, 1.165) is 23.8 Å². The van der Waals surface area contributed by atoms with E-state index in [1.165, 1.54) is 6.07 Å². The average molecular weight is 395 g/mol. The van der Waals surface area contributed by atoms with Gasteiger partial charge in [-0.2, -0.15) is 13.2 Å². The van der Waals surface area contributed by atoms with Gasteiger partial charge in [0.05, 0.1) is 11.3 Å². The molecule has 2 amide bonds. The van der Waals surface area contributed by atoms with Gasteiger partial charge in [0.25, 0.3) is 11.8 Å². The van der Waals surface area contributed by atoms with Crippen LogP contribution >= 0.6 is 11.6 Å². The maximum absolute atomic E-state index is 12.9. The summed E-state index contributed by atoms with van der Waals surface area (Å²) in [6, 6.07) is 12.8. The molecule has 0 radical (unpaired) electrons. The van der Waals surface area contributed by atoms with E-state index in [0.29, 0.717) is 4.90 Å². The van der Waals surface area contributed by atoms with Gasteiger partial charge >= 0.3 is 6.18 Å². The number of rotatable bonds is 4. The Labute approximate surface area is 158 Å². The Morgan fingerprint density at radius 3 is 2.30 bits per heavy atom. The SMILES string of the molecule is CC(NC1=C(Cl)C(=O)N(c2cccc(C(F)(F)F)c2)C1=O)c1ccccc1. The first-order valence-corrected chi connectivity index (χ1v) is 8.35. The standard InChI is InChI=1S/C19H14ClF3N2O2/c1-11(12-6-3-2-4-7-12)24-16-15(20)17(26)25(18(16)27)14-9-5-8-13(10-14)19(21,22)23/h2-11,24H,1H3. The molecule has 0 aliphatic carbocycles. The topological polar surface area (TPSA) is 49.4 Å². The first kappa shape index (κ1) is 19.0. The van der Waals surface area contributed by atoms with Gasteiger partial charge in [-0.3, -0.25) is 9.59 Å². The molecule has 3 rings (SSSR count). The number of amides is 2. The van der Waals surface area contributed by atoms with Crippen molar-refractivity contribution >= 4 is 29.1 Å². The van der Waals surface area contributed by atoms with Gasteiger partial charge in [0, 0.05) is 6.04 Å². The zero-order chi connectivity index (χ0) is 19.8. The van der Waals surface area contributed by atoms with Crippen LogP contribution in [0.1, 0.15) is 24.1 Å². The lowest BCUT2D eigenvalue weighted by atomic mass is 10.1. The molecule has 0 spiro atoms. The predicted molar refractivity (Wildman–Crippen MR) is 94.8 cm³/mol. The van der Waals surface area contributed by atoms with Gasteiger partial charge in [-0.1, -0.05) is 48.0 Å². The van der Waals surface area contributed by atoms with Crippen LogP contribution in [0, 0.1) is 0 Å². The van der Waals surface area contributed by atoms with Crippen LogP contribution in [0.2, 0.25) is 0 Å². The second-order valence-electron chi connectivity index (χ2n) is 5.96. The van der Waals surface area contributed by atoms with E-state index < -0.39 is 23.6 Å². The largest absolute Gasteiger partial charge is 0.416 e. The number of carbonyl (C=O) groups excluding carboxylic acids is 2. The number of hydrogen-bond donors (Lipinski definition) is 1. The summed E-state index contributed by atoms with van der Waals surface area (Å²) in [7, 11) is 0. The molecule has 0 saturated carbocycles. The molecule has 8 heteroatoms. The maximum Gasteiger partial charge on any atom is 0.416 e. The van der Waals surface area contributed by atoms with E-state index in [1.54, 1.807) is 6.92 Å². The summed E-state index contributed by atoms with van der Waals surface area (Å²) < 4.78 is 38.8. The van der Waals surface area contributed by atoms with E-state index in [4.69, 9.17) is 11.6 Å². The fourth-order valence-electron chi connectivity index (χ4n) is 2.73. The third kappa shape index (κ3) is 3.68. The highest BCUT2D eigenvalue weighted by Gasteiger charge is 2.40. The van der Waals surface area contributed by atoms with Gasteiger partial charge < -0.3 is 5.32 Å². The van der Waals surface area contributed by atoms with Crippen molar-refractivity contribution in [2.45, 2.75) is 19.1 Å². The third-order valence-corrected chi connectivity index (χ3v) is 4.47. The number of nitrogens with zero attached hydrogens (tertiary/aromatic N) is 1.